The lowest BCUT2D eigenvalue weighted by Gasteiger charge is -2.23. The van der Waals surface area contributed by atoms with E-state index in [-0.39, 0.29) is 17.9 Å². The van der Waals surface area contributed by atoms with Crippen molar-refractivity contribution in [2.24, 2.45) is 5.92 Å². The standard InChI is InChI=1S/C16H13N3O2.C4H10/c20-14-8-7-13(16(21)18-14)19-12-6-2-1-4-10(12)11-5-3-9-17-15(11)19;1-4(2)3/h1-6,9,13H,7-8H2,(H,18,20,21);4H,1-3H3/t13-;/m0./s1. The van der Waals surface area contributed by atoms with Crippen molar-refractivity contribution in [3.8, 4) is 0 Å². The number of piperidine rings is 1. The molecule has 2 amide bonds. The fraction of sp³-hybridized carbons (Fsp3) is 0.350. The summed E-state index contributed by atoms with van der Waals surface area (Å²) in [6.45, 7) is 6.50. The number of amides is 2. The number of carbonyl (C=O) groups is 2. The molecule has 1 N–H and O–H groups in total. The lowest BCUT2D eigenvalue weighted by atomic mass is 10.1. The van der Waals surface area contributed by atoms with E-state index in [0.29, 0.717) is 12.8 Å². The number of nitrogens with one attached hydrogen (secondary N) is 1. The molecular weight excluding hydrogens is 314 g/mol. The monoisotopic (exact) mass is 337 g/mol. The van der Waals surface area contributed by atoms with Gasteiger partial charge in [0.25, 0.3) is 0 Å². The highest BCUT2D eigenvalue weighted by Gasteiger charge is 2.30. The van der Waals surface area contributed by atoms with Gasteiger partial charge in [0.15, 0.2) is 0 Å². The van der Waals surface area contributed by atoms with E-state index in [1.54, 1.807) is 6.20 Å². The van der Waals surface area contributed by atoms with Crippen LogP contribution >= 0.6 is 0 Å². The van der Waals surface area contributed by atoms with E-state index in [1.165, 1.54) is 0 Å². The summed E-state index contributed by atoms with van der Waals surface area (Å²) in [5, 5.41) is 4.52. The molecule has 1 aromatic carbocycles. The minimum Gasteiger partial charge on any atom is -0.313 e. The highest BCUT2D eigenvalue weighted by atomic mass is 16.2. The first-order valence-electron chi connectivity index (χ1n) is 8.66. The zero-order chi connectivity index (χ0) is 18.0. The second-order valence-corrected chi connectivity index (χ2v) is 6.96. The number of hydrogen-bond donors (Lipinski definition) is 1. The van der Waals surface area contributed by atoms with E-state index in [1.807, 2.05) is 41.0 Å². The summed E-state index contributed by atoms with van der Waals surface area (Å²) in [7, 11) is 0. The Kier molecular flexibility index (Phi) is 4.83. The van der Waals surface area contributed by atoms with Gasteiger partial charge in [-0.2, -0.15) is 0 Å². The van der Waals surface area contributed by atoms with E-state index >= 15 is 0 Å². The molecule has 0 radical (unpaired) electrons. The van der Waals surface area contributed by atoms with Gasteiger partial charge in [0, 0.05) is 23.4 Å². The molecule has 0 saturated carbocycles. The summed E-state index contributed by atoms with van der Waals surface area (Å²) in [6, 6.07) is 11.5. The van der Waals surface area contributed by atoms with Crippen molar-refractivity contribution in [1.29, 1.82) is 0 Å². The molecular formula is C20H23N3O2. The Morgan fingerprint density at radius 3 is 2.48 bits per heavy atom. The summed E-state index contributed by atoms with van der Waals surface area (Å²) in [4.78, 5) is 28.0. The van der Waals surface area contributed by atoms with E-state index in [0.717, 1.165) is 27.9 Å². The lowest BCUT2D eigenvalue weighted by Crippen LogP contribution is -2.41. The molecule has 2 aromatic heterocycles. The van der Waals surface area contributed by atoms with Crippen LogP contribution in [-0.2, 0) is 9.59 Å². The first-order chi connectivity index (χ1) is 12.0. The van der Waals surface area contributed by atoms with Crippen LogP contribution in [0.4, 0.5) is 0 Å². The number of carbonyl (C=O) groups excluding carboxylic acids is 2. The Bertz CT molecular complexity index is 871. The molecule has 25 heavy (non-hydrogen) atoms. The average molecular weight is 337 g/mol. The normalized spacial score (nSPS) is 17.5. The van der Waals surface area contributed by atoms with Gasteiger partial charge in [-0.05, 0) is 30.5 Å². The number of rotatable bonds is 1. The van der Waals surface area contributed by atoms with Gasteiger partial charge in [-0.15, -0.1) is 0 Å². The van der Waals surface area contributed by atoms with Crippen LogP contribution in [0.1, 0.15) is 39.7 Å². The fourth-order valence-corrected chi connectivity index (χ4v) is 3.07. The molecule has 4 rings (SSSR count). The highest BCUT2D eigenvalue weighted by molar-refractivity contribution is 6.08. The predicted octanol–water partition coefficient (Wildman–Crippen LogP) is 3.83. The minimum absolute atomic E-state index is 0.204. The molecule has 3 heterocycles. The van der Waals surface area contributed by atoms with Crippen LogP contribution in [0.15, 0.2) is 42.6 Å². The molecule has 5 nitrogen and oxygen atoms in total. The van der Waals surface area contributed by atoms with Gasteiger partial charge in [-0.25, -0.2) is 4.98 Å². The Morgan fingerprint density at radius 1 is 1.08 bits per heavy atom. The minimum atomic E-state index is -0.389. The number of nitrogens with zero attached hydrogens (tertiary/aromatic N) is 2. The number of aromatic nitrogens is 2. The van der Waals surface area contributed by atoms with Crippen LogP contribution in [0.25, 0.3) is 21.9 Å². The predicted molar refractivity (Wildman–Crippen MR) is 99.2 cm³/mol. The van der Waals surface area contributed by atoms with Crippen LogP contribution in [0.5, 0.6) is 0 Å². The van der Waals surface area contributed by atoms with Crippen LogP contribution < -0.4 is 5.32 Å². The van der Waals surface area contributed by atoms with Crippen molar-refractivity contribution in [3.05, 3.63) is 42.6 Å². The number of pyridine rings is 1. The molecule has 0 aliphatic carbocycles. The van der Waals surface area contributed by atoms with Gasteiger partial charge in [-0.1, -0.05) is 39.0 Å². The molecule has 1 fully saturated rings. The zero-order valence-electron chi connectivity index (χ0n) is 14.8. The number of para-hydroxylation sites is 1. The maximum Gasteiger partial charge on any atom is 0.249 e. The van der Waals surface area contributed by atoms with E-state index in [2.05, 4.69) is 31.1 Å². The molecule has 5 heteroatoms. The second kappa shape index (κ2) is 7.05. The Labute approximate surface area is 147 Å². The van der Waals surface area contributed by atoms with Gasteiger partial charge >= 0.3 is 0 Å². The number of fused-ring (bicyclic) bond motifs is 3. The van der Waals surface area contributed by atoms with E-state index < -0.39 is 0 Å². The molecule has 0 bridgehead atoms. The summed E-state index contributed by atoms with van der Waals surface area (Å²) in [5.74, 6) is 0.379. The van der Waals surface area contributed by atoms with Crippen LogP contribution in [-0.4, -0.2) is 21.4 Å². The lowest BCUT2D eigenvalue weighted by molar-refractivity contribution is -0.135. The van der Waals surface area contributed by atoms with Crippen LogP contribution in [0, 0.1) is 5.92 Å². The smallest absolute Gasteiger partial charge is 0.249 e. The fourth-order valence-electron chi connectivity index (χ4n) is 3.07. The Balaban J connectivity index is 0.000000415. The van der Waals surface area contributed by atoms with Crippen LogP contribution in [0.3, 0.4) is 0 Å². The van der Waals surface area contributed by atoms with Crippen molar-refractivity contribution in [1.82, 2.24) is 14.9 Å². The quantitative estimate of drug-likeness (QED) is 0.686. The molecule has 0 spiro atoms. The number of imide groups is 1. The summed E-state index contributed by atoms with van der Waals surface area (Å²) in [6.07, 6.45) is 2.59. The van der Waals surface area contributed by atoms with Gasteiger partial charge in [0.1, 0.15) is 11.7 Å². The third-order valence-electron chi connectivity index (χ3n) is 3.99. The number of benzene rings is 1. The first kappa shape index (κ1) is 17.1. The first-order valence-corrected chi connectivity index (χ1v) is 8.66. The molecule has 1 aliphatic heterocycles. The molecule has 1 atom stereocenters. The second-order valence-electron chi connectivity index (χ2n) is 6.96. The molecule has 130 valence electrons. The zero-order valence-corrected chi connectivity index (χ0v) is 14.8. The topological polar surface area (TPSA) is 64.0 Å². The van der Waals surface area contributed by atoms with Gasteiger partial charge < -0.3 is 4.57 Å². The van der Waals surface area contributed by atoms with E-state index in [9.17, 15) is 9.59 Å². The Hall–Kier alpha value is -2.69. The van der Waals surface area contributed by atoms with Gasteiger partial charge in [-0.3, -0.25) is 14.9 Å². The molecule has 0 unspecified atom stereocenters. The largest absolute Gasteiger partial charge is 0.313 e. The van der Waals surface area contributed by atoms with Gasteiger partial charge in [0.2, 0.25) is 11.8 Å². The van der Waals surface area contributed by atoms with Crippen molar-refractivity contribution in [2.75, 3.05) is 0 Å². The maximum absolute atomic E-state index is 12.2. The van der Waals surface area contributed by atoms with E-state index in [4.69, 9.17) is 0 Å². The Morgan fingerprint density at radius 2 is 1.76 bits per heavy atom. The van der Waals surface area contributed by atoms with Crippen LogP contribution in [0.2, 0.25) is 0 Å². The summed E-state index contributed by atoms with van der Waals surface area (Å²) in [5.41, 5.74) is 1.76. The van der Waals surface area contributed by atoms with Crippen molar-refractivity contribution in [2.45, 2.75) is 39.7 Å². The molecule has 1 aliphatic rings. The SMILES string of the molecule is CC(C)C.O=C1CC[C@H](n2c3ccccc3c3cccnc32)C(=O)N1. The van der Waals surface area contributed by atoms with Gasteiger partial charge in [0.05, 0.1) is 5.52 Å². The molecule has 1 saturated heterocycles. The third-order valence-corrected chi connectivity index (χ3v) is 3.99. The molecule has 3 aromatic rings. The summed E-state index contributed by atoms with van der Waals surface area (Å²) < 4.78 is 1.95. The van der Waals surface area contributed by atoms with Crippen molar-refractivity contribution in [3.63, 3.8) is 0 Å². The average Bonchev–Trinajstić information content (AvgIpc) is 2.89. The third kappa shape index (κ3) is 3.40. The highest BCUT2D eigenvalue weighted by Crippen LogP contribution is 2.32. The summed E-state index contributed by atoms with van der Waals surface area (Å²) >= 11 is 0. The van der Waals surface area contributed by atoms with Crippen molar-refractivity contribution >= 4 is 33.8 Å². The maximum atomic E-state index is 12.2. The number of hydrogen-bond acceptors (Lipinski definition) is 3. The van der Waals surface area contributed by atoms with Crippen molar-refractivity contribution < 1.29 is 9.59 Å².